The zero-order valence-corrected chi connectivity index (χ0v) is 22.2. The van der Waals surface area contributed by atoms with Crippen molar-refractivity contribution in [3.05, 3.63) is 76.0 Å². The lowest BCUT2D eigenvalue weighted by molar-refractivity contribution is -0.130. The number of fused-ring (bicyclic) bond motifs is 4. The van der Waals surface area contributed by atoms with E-state index in [4.69, 9.17) is 4.74 Å². The van der Waals surface area contributed by atoms with E-state index < -0.39 is 0 Å². The van der Waals surface area contributed by atoms with Gasteiger partial charge in [-0.15, -0.1) is 11.3 Å². The van der Waals surface area contributed by atoms with Crippen molar-refractivity contribution in [3.8, 4) is 5.75 Å². The fourth-order valence-electron chi connectivity index (χ4n) is 5.09. The Morgan fingerprint density at radius 2 is 2.00 bits per heavy atom. The van der Waals surface area contributed by atoms with Crippen LogP contribution < -0.4 is 10.1 Å². The minimum atomic E-state index is -0.372. The van der Waals surface area contributed by atoms with Crippen LogP contribution >= 0.6 is 11.3 Å². The topological polar surface area (TPSA) is 105 Å². The maximum absolute atomic E-state index is 13.4. The zero-order valence-electron chi connectivity index (χ0n) is 21.3. The van der Waals surface area contributed by atoms with Crippen molar-refractivity contribution < 1.29 is 19.1 Å². The van der Waals surface area contributed by atoms with Crippen molar-refractivity contribution in [2.75, 3.05) is 39.3 Å². The molecule has 38 heavy (non-hydrogen) atoms. The first-order valence-electron chi connectivity index (χ1n) is 12.9. The van der Waals surface area contributed by atoms with Gasteiger partial charge in [0.05, 0.1) is 30.1 Å². The summed E-state index contributed by atoms with van der Waals surface area (Å²) in [7, 11) is 0. The molecule has 3 amide bonds. The average molecular weight is 534 g/mol. The molecule has 0 aliphatic carbocycles. The van der Waals surface area contributed by atoms with E-state index in [1.165, 1.54) is 11.3 Å². The molecule has 0 radical (unpaired) electrons. The van der Waals surface area contributed by atoms with Gasteiger partial charge >= 0.3 is 0 Å². The number of rotatable bonds is 3. The van der Waals surface area contributed by atoms with E-state index >= 15 is 0 Å². The molecule has 9 nitrogen and oxygen atoms in total. The highest BCUT2D eigenvalue weighted by Gasteiger charge is 2.40. The summed E-state index contributed by atoms with van der Waals surface area (Å²) in [6.07, 6.45) is 4.24. The molecule has 5 rings (SSSR count). The molecule has 1 N–H and O–H groups in total. The average Bonchev–Trinajstić information content (AvgIpc) is 3.57. The lowest BCUT2D eigenvalue weighted by Crippen LogP contribution is -2.39. The van der Waals surface area contributed by atoms with Crippen LogP contribution in [-0.4, -0.2) is 76.8 Å². The van der Waals surface area contributed by atoms with Gasteiger partial charge < -0.3 is 19.9 Å². The molecule has 4 heterocycles. The fourth-order valence-corrected chi connectivity index (χ4v) is 5.86. The van der Waals surface area contributed by atoms with Gasteiger partial charge in [-0.2, -0.15) is 0 Å². The Morgan fingerprint density at radius 3 is 2.79 bits per heavy atom. The summed E-state index contributed by atoms with van der Waals surface area (Å²) in [6.45, 7) is 4.37. The molecule has 2 aromatic heterocycles. The molecule has 3 aromatic rings. The highest BCUT2D eigenvalue weighted by atomic mass is 32.1. The van der Waals surface area contributed by atoms with Gasteiger partial charge in [0.25, 0.3) is 5.91 Å². The van der Waals surface area contributed by atoms with E-state index in [1.54, 1.807) is 27.7 Å². The van der Waals surface area contributed by atoms with Gasteiger partial charge in [0, 0.05) is 44.5 Å². The molecule has 0 spiro atoms. The van der Waals surface area contributed by atoms with Crippen LogP contribution in [0.15, 0.2) is 54.3 Å². The molecule has 2 atom stereocenters. The number of aromatic nitrogens is 2. The molecule has 1 aromatic carbocycles. The van der Waals surface area contributed by atoms with E-state index in [0.717, 1.165) is 16.8 Å². The van der Waals surface area contributed by atoms with E-state index in [2.05, 4.69) is 15.3 Å². The van der Waals surface area contributed by atoms with Crippen LogP contribution in [0.4, 0.5) is 0 Å². The molecular weight excluding hydrogens is 502 g/mol. The highest BCUT2D eigenvalue weighted by molar-refractivity contribution is 7.11. The maximum atomic E-state index is 13.4. The Labute approximate surface area is 225 Å². The number of benzene rings is 1. The molecule has 1 saturated heterocycles. The smallest absolute Gasteiger partial charge is 0.265 e. The quantitative estimate of drug-likeness (QED) is 0.555. The second kappa shape index (κ2) is 11.7. The van der Waals surface area contributed by atoms with Gasteiger partial charge in [-0.05, 0) is 42.7 Å². The number of hydrogen-bond acceptors (Lipinski definition) is 7. The Balaban J connectivity index is 1.33. The van der Waals surface area contributed by atoms with E-state index in [9.17, 15) is 14.4 Å². The van der Waals surface area contributed by atoms with Crippen LogP contribution in [0, 0.1) is 12.8 Å². The first-order chi connectivity index (χ1) is 18.5. The highest BCUT2D eigenvalue weighted by Crippen LogP contribution is 2.35. The maximum Gasteiger partial charge on any atom is 0.265 e. The Hall–Kier alpha value is -3.79. The standard InChI is InChI=1S/C28H31N5O4S/c1-19-26(38-18-31-19)28(36)32-10-4-9-30-27(35)24-17-33(25(34)13-20-5-3-8-29-15-20)16-23(24)21-6-2-7-22(14-21)37-12-11-32/h2-3,5-8,14-15,18,23-24H,4,9-13,16-17H2,1H3,(H,30,35)/t23-,24+/m1/s1. The predicted molar refractivity (Wildman–Crippen MR) is 143 cm³/mol. The van der Waals surface area contributed by atoms with Crippen LogP contribution in [0.2, 0.25) is 0 Å². The number of carbonyl (C=O) groups excluding carboxylic acids is 3. The van der Waals surface area contributed by atoms with Gasteiger partial charge in [0.1, 0.15) is 17.2 Å². The predicted octanol–water partition coefficient (Wildman–Crippen LogP) is 2.67. The summed E-state index contributed by atoms with van der Waals surface area (Å²) in [5, 5.41) is 3.06. The third-order valence-electron chi connectivity index (χ3n) is 7.13. The first-order valence-corrected chi connectivity index (χ1v) is 13.7. The first kappa shape index (κ1) is 25.8. The SMILES string of the molecule is Cc1ncsc1C(=O)N1CCCNC(=O)[C@H]2CN(C(=O)Cc3cccnc3)C[C@@H]2c2cccc(c2)OCC1. The molecule has 1 fully saturated rings. The third kappa shape index (κ3) is 5.85. The minimum Gasteiger partial charge on any atom is -0.492 e. The number of likely N-dealkylation sites (tertiary alicyclic amines) is 1. The minimum absolute atomic E-state index is 0.0175. The second-order valence-corrected chi connectivity index (χ2v) is 10.5. The number of hydrogen-bond donors (Lipinski definition) is 1. The number of pyridine rings is 1. The number of ether oxygens (including phenoxy) is 1. The Kier molecular flexibility index (Phi) is 7.97. The van der Waals surface area contributed by atoms with Crippen molar-refractivity contribution in [2.24, 2.45) is 5.92 Å². The van der Waals surface area contributed by atoms with Crippen molar-refractivity contribution in [3.63, 3.8) is 0 Å². The molecule has 0 saturated carbocycles. The number of amides is 3. The fraction of sp³-hybridized carbons (Fsp3) is 0.393. The zero-order chi connectivity index (χ0) is 26.5. The van der Waals surface area contributed by atoms with Crippen molar-refractivity contribution in [1.82, 2.24) is 25.1 Å². The van der Waals surface area contributed by atoms with Crippen molar-refractivity contribution >= 4 is 29.1 Å². The molecule has 2 aliphatic heterocycles. The molecule has 10 heteroatoms. The van der Waals surface area contributed by atoms with Crippen LogP contribution in [-0.2, 0) is 16.0 Å². The summed E-state index contributed by atoms with van der Waals surface area (Å²) in [5.41, 5.74) is 4.21. The van der Waals surface area contributed by atoms with Gasteiger partial charge in [0.2, 0.25) is 11.8 Å². The number of nitrogens with zero attached hydrogens (tertiary/aromatic N) is 4. The summed E-state index contributed by atoms with van der Waals surface area (Å²) >= 11 is 1.34. The van der Waals surface area contributed by atoms with E-state index in [0.29, 0.717) is 56.4 Å². The van der Waals surface area contributed by atoms with Gasteiger partial charge in [-0.3, -0.25) is 19.4 Å². The van der Waals surface area contributed by atoms with Crippen LogP contribution in [0.25, 0.3) is 0 Å². The monoisotopic (exact) mass is 533 g/mol. The van der Waals surface area contributed by atoms with Crippen LogP contribution in [0.3, 0.4) is 0 Å². The molecular formula is C28H31N5O4S. The molecule has 198 valence electrons. The van der Waals surface area contributed by atoms with Gasteiger partial charge in [-0.1, -0.05) is 18.2 Å². The van der Waals surface area contributed by atoms with Crippen molar-refractivity contribution in [1.29, 1.82) is 0 Å². The third-order valence-corrected chi connectivity index (χ3v) is 8.05. The number of thiazole rings is 1. The summed E-state index contributed by atoms with van der Waals surface area (Å²) < 4.78 is 6.05. The molecule has 2 bridgehead atoms. The normalized spacial score (nSPS) is 20.2. The number of carbonyl (C=O) groups is 3. The van der Waals surface area contributed by atoms with Gasteiger partial charge in [-0.25, -0.2) is 4.98 Å². The van der Waals surface area contributed by atoms with E-state index in [1.807, 2.05) is 43.3 Å². The number of aryl methyl sites for hydroxylation is 1. The van der Waals surface area contributed by atoms with Crippen LogP contribution in [0.5, 0.6) is 5.75 Å². The van der Waals surface area contributed by atoms with E-state index in [-0.39, 0.29) is 36.0 Å². The second-order valence-electron chi connectivity index (χ2n) is 9.67. The molecule has 0 unspecified atom stereocenters. The lowest BCUT2D eigenvalue weighted by atomic mass is 9.88. The number of nitrogens with one attached hydrogen (secondary N) is 1. The summed E-state index contributed by atoms with van der Waals surface area (Å²) in [5.74, 6) is 0.0114. The molecule has 2 aliphatic rings. The lowest BCUT2D eigenvalue weighted by Gasteiger charge is -2.24. The summed E-state index contributed by atoms with van der Waals surface area (Å²) in [4.78, 5) is 52.1. The van der Waals surface area contributed by atoms with Gasteiger partial charge in [0.15, 0.2) is 0 Å². The Morgan fingerprint density at radius 1 is 1.13 bits per heavy atom. The van der Waals surface area contributed by atoms with Crippen molar-refractivity contribution in [2.45, 2.75) is 25.7 Å². The summed E-state index contributed by atoms with van der Waals surface area (Å²) in [6, 6.07) is 11.4. The Bertz CT molecular complexity index is 1300. The largest absolute Gasteiger partial charge is 0.492 e. The van der Waals surface area contributed by atoms with Crippen LogP contribution in [0.1, 0.15) is 38.8 Å².